The zero-order valence-electron chi connectivity index (χ0n) is 24.9. The second-order valence-electron chi connectivity index (χ2n) is 12.6. The van der Waals surface area contributed by atoms with Crippen molar-refractivity contribution in [3.8, 4) is 5.75 Å². The minimum Gasteiger partial charge on any atom is -0.486 e. The molecule has 0 saturated heterocycles. The summed E-state index contributed by atoms with van der Waals surface area (Å²) in [6.07, 6.45) is 16.2. The van der Waals surface area contributed by atoms with Gasteiger partial charge in [0.25, 0.3) is 0 Å². The predicted octanol–water partition coefficient (Wildman–Crippen LogP) is 11.2. The van der Waals surface area contributed by atoms with E-state index in [-0.39, 0.29) is 23.5 Å². The van der Waals surface area contributed by atoms with Gasteiger partial charge in [0.1, 0.15) is 12.4 Å². The zero-order chi connectivity index (χ0) is 29.6. The van der Waals surface area contributed by atoms with Crippen molar-refractivity contribution >= 4 is 0 Å². The molecule has 0 aromatic heterocycles. The van der Waals surface area contributed by atoms with Gasteiger partial charge in [-0.15, -0.1) is 0 Å². The number of benzene rings is 2. The van der Waals surface area contributed by atoms with Gasteiger partial charge in [-0.25, -0.2) is 13.2 Å². The Morgan fingerprint density at radius 1 is 0.905 bits per heavy atom. The lowest BCUT2D eigenvalue weighted by atomic mass is 9.63. The van der Waals surface area contributed by atoms with Crippen LogP contribution in [0.3, 0.4) is 0 Å². The van der Waals surface area contributed by atoms with Crippen LogP contribution in [0.15, 0.2) is 72.1 Å². The largest absolute Gasteiger partial charge is 0.486 e. The number of alkyl halides is 1. The van der Waals surface area contributed by atoms with Crippen LogP contribution in [-0.2, 0) is 6.61 Å². The number of fused-ring (bicyclic) bond motifs is 1. The third-order valence-corrected chi connectivity index (χ3v) is 9.88. The molecular weight excluding hydrogens is 536 g/mol. The summed E-state index contributed by atoms with van der Waals surface area (Å²) in [6, 6.07) is 10.9. The van der Waals surface area contributed by atoms with E-state index < -0.39 is 29.6 Å². The molecule has 226 valence electrons. The summed E-state index contributed by atoms with van der Waals surface area (Å²) in [5.74, 6) is -1.52. The number of hydrogen-bond acceptors (Lipinski definition) is 1. The lowest BCUT2D eigenvalue weighted by molar-refractivity contribution is 0.114. The Bertz CT molecular complexity index is 1290. The van der Waals surface area contributed by atoms with E-state index in [0.717, 1.165) is 23.3 Å². The van der Waals surface area contributed by atoms with E-state index in [0.29, 0.717) is 18.8 Å². The molecule has 0 bridgehead atoms. The molecule has 0 spiro atoms. The van der Waals surface area contributed by atoms with Gasteiger partial charge in [0.15, 0.2) is 17.7 Å². The SMILES string of the molecule is C/C=C/CCC1=C(F)C(F)C(c2ccc(OCc3ccc(C4CCC5CC(CCC)CCC5C4)cc3)c(F)c2F)C=C1. The van der Waals surface area contributed by atoms with Gasteiger partial charge in [0.2, 0.25) is 5.82 Å². The minimum absolute atomic E-state index is 0.0895. The third kappa shape index (κ3) is 6.87. The van der Waals surface area contributed by atoms with Crippen molar-refractivity contribution in [1.82, 2.24) is 0 Å². The molecule has 0 amide bonds. The van der Waals surface area contributed by atoms with E-state index in [9.17, 15) is 13.2 Å². The molecule has 3 aliphatic rings. The van der Waals surface area contributed by atoms with Gasteiger partial charge in [-0.2, -0.15) is 4.39 Å². The molecule has 42 heavy (non-hydrogen) atoms. The summed E-state index contributed by atoms with van der Waals surface area (Å²) >= 11 is 0. The van der Waals surface area contributed by atoms with E-state index in [2.05, 4.69) is 19.1 Å². The van der Waals surface area contributed by atoms with E-state index in [1.807, 2.05) is 31.2 Å². The van der Waals surface area contributed by atoms with Crippen molar-refractivity contribution in [1.29, 1.82) is 0 Å². The average Bonchev–Trinajstić information content (AvgIpc) is 3.01. The van der Waals surface area contributed by atoms with Crippen molar-refractivity contribution in [2.24, 2.45) is 17.8 Å². The first kappa shape index (κ1) is 30.6. The maximum absolute atomic E-state index is 15.1. The number of ether oxygens (including phenoxy) is 1. The molecule has 0 heterocycles. The van der Waals surface area contributed by atoms with Gasteiger partial charge in [-0.05, 0) is 98.3 Å². The summed E-state index contributed by atoms with van der Waals surface area (Å²) in [5, 5.41) is 0. The van der Waals surface area contributed by atoms with Gasteiger partial charge < -0.3 is 4.74 Å². The first-order valence-corrected chi connectivity index (χ1v) is 15.9. The maximum Gasteiger partial charge on any atom is 0.200 e. The zero-order valence-corrected chi connectivity index (χ0v) is 24.9. The number of hydrogen-bond donors (Lipinski definition) is 0. The smallest absolute Gasteiger partial charge is 0.200 e. The predicted molar refractivity (Wildman–Crippen MR) is 162 cm³/mol. The second kappa shape index (κ2) is 14.1. The van der Waals surface area contributed by atoms with Crippen molar-refractivity contribution < 1.29 is 22.3 Å². The summed E-state index contributed by atoms with van der Waals surface area (Å²) in [4.78, 5) is 0. The van der Waals surface area contributed by atoms with Crippen molar-refractivity contribution in [3.05, 3.63) is 100 Å². The van der Waals surface area contributed by atoms with Crippen molar-refractivity contribution in [2.45, 2.75) is 103 Å². The lowest BCUT2D eigenvalue weighted by Gasteiger charge is -2.42. The van der Waals surface area contributed by atoms with Crippen LogP contribution in [-0.4, -0.2) is 6.17 Å². The Labute approximate surface area is 248 Å². The number of allylic oxidation sites excluding steroid dienone is 6. The Kier molecular flexibility index (Phi) is 10.3. The van der Waals surface area contributed by atoms with Crippen LogP contribution in [0.5, 0.6) is 5.75 Å². The van der Waals surface area contributed by atoms with Crippen LogP contribution in [0.25, 0.3) is 0 Å². The fraction of sp³-hybridized carbons (Fsp3) is 0.514. The van der Waals surface area contributed by atoms with Gasteiger partial charge in [-0.1, -0.05) is 80.8 Å². The maximum atomic E-state index is 15.1. The second-order valence-corrected chi connectivity index (χ2v) is 12.6. The topological polar surface area (TPSA) is 9.23 Å². The van der Waals surface area contributed by atoms with E-state index >= 15 is 4.39 Å². The van der Waals surface area contributed by atoms with Crippen LogP contribution in [0.1, 0.15) is 107 Å². The highest BCUT2D eigenvalue weighted by Gasteiger charge is 2.36. The van der Waals surface area contributed by atoms with Crippen LogP contribution < -0.4 is 4.74 Å². The molecule has 2 saturated carbocycles. The van der Waals surface area contributed by atoms with Crippen molar-refractivity contribution in [3.63, 3.8) is 0 Å². The van der Waals surface area contributed by atoms with Gasteiger partial charge >= 0.3 is 0 Å². The van der Waals surface area contributed by atoms with Crippen LogP contribution in [0, 0.1) is 29.4 Å². The minimum atomic E-state index is -2.05. The summed E-state index contributed by atoms with van der Waals surface area (Å²) < 4.78 is 65.3. The Hall–Kier alpha value is -2.82. The molecule has 0 N–H and O–H groups in total. The highest BCUT2D eigenvalue weighted by Crippen LogP contribution is 2.48. The quantitative estimate of drug-likeness (QED) is 0.201. The third-order valence-electron chi connectivity index (χ3n) is 9.88. The molecule has 2 aromatic rings. The molecule has 5 heteroatoms. The number of rotatable bonds is 10. The highest BCUT2D eigenvalue weighted by molar-refractivity contribution is 5.42. The fourth-order valence-corrected chi connectivity index (χ4v) is 7.52. The van der Waals surface area contributed by atoms with Crippen LogP contribution in [0.2, 0.25) is 0 Å². The molecule has 5 rings (SSSR count). The fourth-order valence-electron chi connectivity index (χ4n) is 7.52. The van der Waals surface area contributed by atoms with Gasteiger partial charge in [-0.3, -0.25) is 0 Å². The molecule has 3 aliphatic carbocycles. The highest BCUT2D eigenvalue weighted by atomic mass is 19.2. The first-order chi connectivity index (χ1) is 20.4. The summed E-state index contributed by atoms with van der Waals surface area (Å²) in [7, 11) is 0. The molecule has 0 radical (unpaired) electrons. The molecule has 2 aromatic carbocycles. The standard InChI is InChI=1S/C37H44F4O/c1-3-5-6-8-27-17-18-31(35(39)34(27)38)32-19-20-33(37(41)36(32)40)42-23-25-10-12-26(13-11-25)29-16-15-28-21-24(7-4-2)9-14-30(28)22-29/h3,5,10-13,17-20,24,28-31,35H,4,6-9,14-16,21-23H2,1-2H3/b5-3+. The molecule has 6 unspecified atom stereocenters. The Morgan fingerprint density at radius 3 is 2.43 bits per heavy atom. The van der Waals surface area contributed by atoms with Crippen LogP contribution >= 0.6 is 0 Å². The molecule has 1 nitrogen and oxygen atoms in total. The molecular formula is C37H44F4O. The van der Waals surface area contributed by atoms with E-state index in [1.165, 1.54) is 81.2 Å². The van der Waals surface area contributed by atoms with Gasteiger partial charge in [0, 0.05) is 11.5 Å². The Balaban J connectivity index is 1.17. The summed E-state index contributed by atoms with van der Waals surface area (Å²) in [5.41, 5.74) is 2.25. The lowest BCUT2D eigenvalue weighted by Crippen LogP contribution is -2.30. The Morgan fingerprint density at radius 2 is 1.67 bits per heavy atom. The van der Waals surface area contributed by atoms with E-state index in [4.69, 9.17) is 4.74 Å². The monoisotopic (exact) mass is 580 g/mol. The molecule has 0 aliphatic heterocycles. The molecule has 6 atom stereocenters. The normalized spacial score (nSPS) is 27.9. The average molecular weight is 581 g/mol. The molecule has 2 fully saturated rings. The number of halogens is 4. The van der Waals surface area contributed by atoms with E-state index in [1.54, 1.807) is 0 Å². The van der Waals surface area contributed by atoms with Crippen LogP contribution in [0.4, 0.5) is 17.6 Å². The summed E-state index contributed by atoms with van der Waals surface area (Å²) in [6.45, 7) is 4.25. The van der Waals surface area contributed by atoms with Gasteiger partial charge in [0.05, 0.1) is 0 Å². The van der Waals surface area contributed by atoms with Crippen molar-refractivity contribution in [2.75, 3.05) is 0 Å². The first-order valence-electron chi connectivity index (χ1n) is 15.9.